The summed E-state index contributed by atoms with van der Waals surface area (Å²) in [6.07, 6.45) is 0. The number of benzene rings is 3. The van der Waals surface area contributed by atoms with Gasteiger partial charge in [0.1, 0.15) is 22.8 Å². The van der Waals surface area contributed by atoms with Crippen LogP contribution in [0.3, 0.4) is 0 Å². The summed E-state index contributed by atoms with van der Waals surface area (Å²) >= 11 is 1.03. The Bertz CT molecular complexity index is 1790. The van der Waals surface area contributed by atoms with Gasteiger partial charge in [-0.1, -0.05) is 65.9 Å². The molecule has 6 rings (SSSR count). The third kappa shape index (κ3) is 4.26. The Morgan fingerprint density at radius 3 is 2.59 bits per heavy atom. The van der Waals surface area contributed by atoms with E-state index in [-0.39, 0.29) is 26.8 Å². The van der Waals surface area contributed by atoms with Crippen LogP contribution in [0.25, 0.3) is 11.0 Å². The Morgan fingerprint density at radius 2 is 1.79 bits per heavy atom. The molecule has 0 unspecified atom stereocenters. The van der Waals surface area contributed by atoms with Gasteiger partial charge in [-0.05, 0) is 42.3 Å². The highest BCUT2D eigenvalue weighted by Crippen LogP contribution is 2.43. The summed E-state index contributed by atoms with van der Waals surface area (Å²) in [5.74, 6) is -0.536. The highest BCUT2D eigenvalue weighted by Gasteiger charge is 2.45. The van der Waals surface area contributed by atoms with Crippen molar-refractivity contribution in [2.45, 2.75) is 19.6 Å². The summed E-state index contributed by atoms with van der Waals surface area (Å²) in [4.78, 5) is 46.2. The van der Waals surface area contributed by atoms with Crippen LogP contribution < -0.4 is 15.1 Å². The summed E-state index contributed by atoms with van der Waals surface area (Å²) in [6, 6.07) is 23.0. The van der Waals surface area contributed by atoms with Crippen LogP contribution in [0.15, 0.2) is 88.1 Å². The van der Waals surface area contributed by atoms with E-state index < -0.39 is 17.9 Å². The highest BCUT2D eigenvalue weighted by molar-refractivity contribution is 7.17. The molecule has 0 N–H and O–H groups in total. The highest BCUT2D eigenvalue weighted by atomic mass is 32.1. The molecule has 0 aliphatic carbocycles. The average molecular weight is 539 g/mol. The molecule has 194 valence electrons. The molecule has 8 nitrogen and oxygen atoms in total. The van der Waals surface area contributed by atoms with E-state index in [0.717, 1.165) is 16.9 Å². The zero-order valence-electron chi connectivity index (χ0n) is 21.0. The Balaban J connectivity index is 1.49. The maximum Gasteiger partial charge on any atom is 0.350 e. The molecule has 0 fully saturated rings. The minimum atomic E-state index is -0.843. The van der Waals surface area contributed by atoms with Gasteiger partial charge in [0.2, 0.25) is 5.76 Å². The molecule has 0 bridgehead atoms. The first-order valence-corrected chi connectivity index (χ1v) is 13.0. The maximum absolute atomic E-state index is 13.8. The van der Waals surface area contributed by atoms with Crippen molar-refractivity contribution < 1.29 is 23.5 Å². The van der Waals surface area contributed by atoms with E-state index in [1.54, 1.807) is 37.3 Å². The van der Waals surface area contributed by atoms with Crippen molar-refractivity contribution in [3.63, 3.8) is 0 Å². The fourth-order valence-electron chi connectivity index (χ4n) is 4.71. The SMILES string of the molecule is COC(=O)c1sc(N2C(=O)c3oc4ccccc4c(=O)c3[C@H]2c2cccc(OCc3ccccc3)c2)nc1C. The van der Waals surface area contributed by atoms with E-state index in [9.17, 15) is 14.4 Å². The largest absolute Gasteiger partial charge is 0.489 e. The second-order valence-electron chi connectivity index (χ2n) is 9.00. The number of ether oxygens (including phenoxy) is 2. The Hall–Kier alpha value is -4.76. The van der Waals surface area contributed by atoms with Crippen LogP contribution in [0.4, 0.5) is 5.13 Å². The average Bonchev–Trinajstić information content (AvgIpc) is 3.49. The van der Waals surface area contributed by atoms with Crippen LogP contribution in [0.2, 0.25) is 0 Å². The first-order valence-electron chi connectivity index (χ1n) is 12.2. The van der Waals surface area contributed by atoms with Gasteiger partial charge in [-0.2, -0.15) is 0 Å². The van der Waals surface area contributed by atoms with Gasteiger partial charge in [0.25, 0.3) is 5.91 Å². The third-order valence-electron chi connectivity index (χ3n) is 6.56. The molecule has 1 amide bonds. The molecule has 1 atom stereocenters. The summed E-state index contributed by atoms with van der Waals surface area (Å²) in [5.41, 5.74) is 2.31. The number of rotatable bonds is 6. The molecule has 0 saturated carbocycles. The van der Waals surface area contributed by atoms with Gasteiger partial charge in [-0.25, -0.2) is 9.78 Å². The number of thiazole rings is 1. The summed E-state index contributed by atoms with van der Waals surface area (Å²) < 4.78 is 16.9. The molecule has 5 aromatic rings. The number of nitrogens with zero attached hydrogens (tertiary/aromatic N) is 2. The van der Waals surface area contributed by atoms with Crippen LogP contribution in [-0.4, -0.2) is 24.0 Å². The maximum atomic E-state index is 13.8. The van der Waals surface area contributed by atoms with Crippen LogP contribution >= 0.6 is 11.3 Å². The number of para-hydroxylation sites is 1. The van der Waals surface area contributed by atoms with Crippen molar-refractivity contribution in [3.05, 3.63) is 122 Å². The molecule has 0 radical (unpaired) electrons. The fraction of sp³-hybridized carbons (Fsp3) is 0.133. The lowest BCUT2D eigenvalue weighted by Crippen LogP contribution is -2.29. The Morgan fingerprint density at radius 1 is 1.03 bits per heavy atom. The number of hydrogen-bond donors (Lipinski definition) is 0. The number of aryl methyl sites for hydroxylation is 1. The molecule has 0 saturated heterocycles. The topological polar surface area (TPSA) is 98.9 Å². The second kappa shape index (κ2) is 9.85. The van der Waals surface area contributed by atoms with Gasteiger partial charge < -0.3 is 13.9 Å². The monoisotopic (exact) mass is 538 g/mol. The quantitative estimate of drug-likeness (QED) is 0.257. The van der Waals surface area contributed by atoms with E-state index in [1.807, 2.05) is 48.5 Å². The molecular formula is C30H22N2O6S. The van der Waals surface area contributed by atoms with Gasteiger partial charge in [0.15, 0.2) is 10.6 Å². The molecule has 39 heavy (non-hydrogen) atoms. The molecule has 9 heteroatoms. The van der Waals surface area contributed by atoms with E-state index in [2.05, 4.69) is 4.98 Å². The number of anilines is 1. The fourth-order valence-corrected chi connectivity index (χ4v) is 5.73. The number of hydrogen-bond acceptors (Lipinski definition) is 8. The number of aromatic nitrogens is 1. The van der Waals surface area contributed by atoms with Gasteiger partial charge in [0.05, 0.1) is 29.8 Å². The van der Waals surface area contributed by atoms with Crippen molar-refractivity contribution in [2.24, 2.45) is 0 Å². The molecule has 3 heterocycles. The standard InChI is InChI=1S/C30H22N2O6S/c1-17-27(29(35)36-2)39-30(31-17)32-24(19-11-8-12-20(15-19)37-16-18-9-4-3-5-10-18)23-25(33)21-13-6-7-14-22(21)38-26(23)28(32)34/h3-15,24H,16H2,1-2H3/t24-/m1/s1. The lowest BCUT2D eigenvalue weighted by molar-refractivity contribution is 0.0605. The van der Waals surface area contributed by atoms with Gasteiger partial charge in [-0.3, -0.25) is 14.5 Å². The first kappa shape index (κ1) is 24.6. The summed E-state index contributed by atoms with van der Waals surface area (Å²) in [5, 5.41) is 0.631. The van der Waals surface area contributed by atoms with E-state index in [1.165, 1.54) is 12.0 Å². The second-order valence-corrected chi connectivity index (χ2v) is 9.97. The van der Waals surface area contributed by atoms with Crippen LogP contribution in [-0.2, 0) is 11.3 Å². The molecule has 0 spiro atoms. The van der Waals surface area contributed by atoms with Crippen molar-refractivity contribution in [1.82, 2.24) is 4.98 Å². The minimum absolute atomic E-state index is 0.0493. The van der Waals surface area contributed by atoms with E-state index in [0.29, 0.717) is 34.6 Å². The van der Waals surface area contributed by atoms with Crippen LogP contribution in [0.5, 0.6) is 5.75 Å². The number of carbonyl (C=O) groups is 2. The van der Waals surface area contributed by atoms with Crippen molar-refractivity contribution in [2.75, 3.05) is 12.0 Å². The van der Waals surface area contributed by atoms with E-state index >= 15 is 0 Å². The van der Waals surface area contributed by atoms with Crippen LogP contribution in [0.1, 0.15) is 48.7 Å². The molecule has 3 aromatic carbocycles. The number of fused-ring (bicyclic) bond motifs is 2. The van der Waals surface area contributed by atoms with E-state index in [4.69, 9.17) is 13.9 Å². The van der Waals surface area contributed by atoms with Crippen molar-refractivity contribution >= 4 is 39.3 Å². The zero-order chi connectivity index (χ0) is 27.1. The lowest BCUT2D eigenvalue weighted by atomic mass is 9.98. The number of methoxy groups -OCH3 is 1. The number of amides is 1. The minimum Gasteiger partial charge on any atom is -0.489 e. The number of esters is 1. The predicted molar refractivity (Wildman–Crippen MR) is 147 cm³/mol. The Kier molecular flexibility index (Phi) is 6.20. The molecular weight excluding hydrogens is 516 g/mol. The first-order chi connectivity index (χ1) is 19.0. The zero-order valence-corrected chi connectivity index (χ0v) is 21.9. The third-order valence-corrected chi connectivity index (χ3v) is 7.70. The summed E-state index contributed by atoms with van der Waals surface area (Å²) in [7, 11) is 1.29. The predicted octanol–water partition coefficient (Wildman–Crippen LogP) is 5.67. The summed E-state index contributed by atoms with van der Waals surface area (Å²) in [6.45, 7) is 2.03. The molecule has 1 aliphatic rings. The van der Waals surface area contributed by atoms with Gasteiger partial charge in [0, 0.05) is 0 Å². The molecule has 1 aliphatic heterocycles. The smallest absolute Gasteiger partial charge is 0.350 e. The molecule has 2 aromatic heterocycles. The van der Waals surface area contributed by atoms with Crippen molar-refractivity contribution in [3.8, 4) is 5.75 Å². The Labute approximate surface area is 227 Å². The van der Waals surface area contributed by atoms with Gasteiger partial charge in [-0.15, -0.1) is 0 Å². The van der Waals surface area contributed by atoms with Crippen molar-refractivity contribution in [1.29, 1.82) is 0 Å². The van der Waals surface area contributed by atoms with Crippen LogP contribution in [0, 0.1) is 6.92 Å². The normalized spacial score (nSPS) is 14.5. The van der Waals surface area contributed by atoms with Gasteiger partial charge >= 0.3 is 5.97 Å². The number of carbonyl (C=O) groups excluding carboxylic acids is 2. The lowest BCUT2D eigenvalue weighted by Gasteiger charge is -2.23.